The summed E-state index contributed by atoms with van der Waals surface area (Å²) in [7, 11) is 0. The molecule has 0 rings (SSSR count). The average molecular weight is 302 g/mol. The molecule has 0 aromatic heterocycles. The maximum absolute atomic E-state index is 10.1. The number of carbonyl (C=O) groups is 2. The molecule has 0 aromatic rings. The molecular weight excluding hydrogens is 268 g/mol. The van der Waals surface area contributed by atoms with Gasteiger partial charge in [0.15, 0.2) is 0 Å². The van der Waals surface area contributed by atoms with Gasteiger partial charge < -0.3 is 10.2 Å². The maximum Gasteiger partial charge on any atom is 0.303 e. The van der Waals surface area contributed by atoms with Crippen LogP contribution in [-0.4, -0.2) is 22.2 Å². The Balaban J connectivity index is 0. The van der Waals surface area contributed by atoms with Crippen LogP contribution in [0.15, 0.2) is 0 Å². The standard InChI is InChI=1S/C9H18O2.C8H16O2/c1-8(2)6-4-3-5-7-9(10)11;1-7(2)5-3-4-6-8(9)10/h8H,3-7H2,1-2H3,(H,10,11);7H,3-6H2,1-2H3,(H,9,10). The summed E-state index contributed by atoms with van der Waals surface area (Å²) in [4.78, 5) is 20.1. The molecular formula is C17H34O4. The molecule has 0 heterocycles. The van der Waals surface area contributed by atoms with Crippen LogP contribution in [-0.2, 0) is 9.59 Å². The maximum atomic E-state index is 10.1. The van der Waals surface area contributed by atoms with Gasteiger partial charge in [0.25, 0.3) is 0 Å². The second kappa shape index (κ2) is 15.3. The van der Waals surface area contributed by atoms with Crippen LogP contribution in [0, 0.1) is 11.8 Å². The van der Waals surface area contributed by atoms with Crippen molar-refractivity contribution in [1.29, 1.82) is 0 Å². The lowest BCUT2D eigenvalue weighted by Crippen LogP contribution is -1.94. The van der Waals surface area contributed by atoms with E-state index in [4.69, 9.17) is 10.2 Å². The Morgan fingerprint density at radius 2 is 1.00 bits per heavy atom. The van der Waals surface area contributed by atoms with Crippen molar-refractivity contribution < 1.29 is 19.8 Å². The van der Waals surface area contributed by atoms with Crippen molar-refractivity contribution >= 4 is 11.9 Å². The minimum Gasteiger partial charge on any atom is -0.481 e. The first-order valence-corrected chi connectivity index (χ1v) is 8.19. The molecule has 0 aliphatic carbocycles. The molecule has 0 spiro atoms. The van der Waals surface area contributed by atoms with Gasteiger partial charge in [-0.2, -0.15) is 0 Å². The molecule has 0 amide bonds. The van der Waals surface area contributed by atoms with E-state index in [1.807, 2.05) is 0 Å². The Labute approximate surface area is 129 Å². The first-order valence-electron chi connectivity index (χ1n) is 8.19. The number of carboxylic acid groups (broad SMARTS) is 2. The van der Waals surface area contributed by atoms with Gasteiger partial charge in [0.1, 0.15) is 0 Å². The lowest BCUT2D eigenvalue weighted by molar-refractivity contribution is -0.138. The molecule has 126 valence electrons. The van der Waals surface area contributed by atoms with Crippen LogP contribution in [0.5, 0.6) is 0 Å². The zero-order chi connectivity index (χ0) is 16.7. The first kappa shape index (κ1) is 22.2. The van der Waals surface area contributed by atoms with Gasteiger partial charge in [-0.25, -0.2) is 0 Å². The van der Waals surface area contributed by atoms with Crippen LogP contribution >= 0.6 is 0 Å². The summed E-state index contributed by atoms with van der Waals surface area (Å²) in [5, 5.41) is 16.6. The highest BCUT2D eigenvalue weighted by Crippen LogP contribution is 2.09. The molecule has 4 heteroatoms. The lowest BCUT2D eigenvalue weighted by Gasteiger charge is -2.02. The van der Waals surface area contributed by atoms with E-state index in [1.54, 1.807) is 0 Å². The van der Waals surface area contributed by atoms with E-state index in [-0.39, 0.29) is 0 Å². The number of unbranched alkanes of at least 4 members (excludes halogenated alkanes) is 3. The Morgan fingerprint density at radius 3 is 1.33 bits per heavy atom. The topological polar surface area (TPSA) is 74.6 Å². The lowest BCUT2D eigenvalue weighted by atomic mass is 10.0. The fourth-order valence-electron chi connectivity index (χ4n) is 1.83. The number of aliphatic carboxylic acids is 2. The number of rotatable bonds is 11. The molecule has 0 aliphatic rings. The van der Waals surface area contributed by atoms with Crippen LogP contribution in [0.1, 0.15) is 85.5 Å². The van der Waals surface area contributed by atoms with E-state index in [0.717, 1.165) is 38.0 Å². The summed E-state index contributed by atoms with van der Waals surface area (Å²) in [6, 6.07) is 0. The summed E-state index contributed by atoms with van der Waals surface area (Å²) in [5.41, 5.74) is 0. The van der Waals surface area contributed by atoms with E-state index in [2.05, 4.69) is 27.7 Å². The van der Waals surface area contributed by atoms with Crippen molar-refractivity contribution in [2.45, 2.75) is 85.5 Å². The van der Waals surface area contributed by atoms with Crippen molar-refractivity contribution in [2.75, 3.05) is 0 Å². The van der Waals surface area contributed by atoms with Gasteiger partial charge in [0, 0.05) is 12.8 Å². The van der Waals surface area contributed by atoms with Gasteiger partial charge in [-0.3, -0.25) is 9.59 Å². The third kappa shape index (κ3) is 28.0. The quantitative estimate of drug-likeness (QED) is 0.529. The van der Waals surface area contributed by atoms with Crippen molar-refractivity contribution in [3.05, 3.63) is 0 Å². The fourth-order valence-corrected chi connectivity index (χ4v) is 1.83. The second-order valence-corrected chi connectivity index (χ2v) is 6.42. The third-order valence-corrected chi connectivity index (χ3v) is 3.09. The van der Waals surface area contributed by atoms with Crippen LogP contribution in [0.25, 0.3) is 0 Å². The molecule has 0 saturated heterocycles. The molecule has 4 nitrogen and oxygen atoms in total. The monoisotopic (exact) mass is 302 g/mol. The summed E-state index contributed by atoms with van der Waals surface area (Å²) in [6.07, 6.45) is 7.96. The van der Waals surface area contributed by atoms with Gasteiger partial charge in [0.05, 0.1) is 0 Å². The van der Waals surface area contributed by atoms with Gasteiger partial charge in [-0.15, -0.1) is 0 Å². The summed E-state index contributed by atoms with van der Waals surface area (Å²) >= 11 is 0. The smallest absolute Gasteiger partial charge is 0.303 e. The molecule has 0 bridgehead atoms. The minimum absolute atomic E-state index is 0.326. The van der Waals surface area contributed by atoms with Crippen LogP contribution in [0.3, 0.4) is 0 Å². The van der Waals surface area contributed by atoms with Gasteiger partial charge in [-0.05, 0) is 24.7 Å². The molecule has 21 heavy (non-hydrogen) atoms. The molecule has 0 radical (unpaired) electrons. The molecule has 0 saturated carbocycles. The predicted octanol–water partition coefficient (Wildman–Crippen LogP) is 4.96. The molecule has 0 fully saturated rings. The summed E-state index contributed by atoms with van der Waals surface area (Å²) in [6.45, 7) is 8.69. The van der Waals surface area contributed by atoms with E-state index in [0.29, 0.717) is 18.8 Å². The molecule has 2 N–H and O–H groups in total. The van der Waals surface area contributed by atoms with Crippen LogP contribution in [0.4, 0.5) is 0 Å². The van der Waals surface area contributed by atoms with Crippen molar-refractivity contribution in [2.24, 2.45) is 11.8 Å². The zero-order valence-corrected chi connectivity index (χ0v) is 14.2. The van der Waals surface area contributed by atoms with E-state index >= 15 is 0 Å². The zero-order valence-electron chi connectivity index (χ0n) is 14.2. The Hall–Kier alpha value is -1.06. The highest BCUT2D eigenvalue weighted by Gasteiger charge is 1.98. The van der Waals surface area contributed by atoms with Crippen molar-refractivity contribution in [3.63, 3.8) is 0 Å². The van der Waals surface area contributed by atoms with E-state index in [9.17, 15) is 9.59 Å². The Bertz CT molecular complexity index is 260. The largest absolute Gasteiger partial charge is 0.481 e. The van der Waals surface area contributed by atoms with E-state index in [1.165, 1.54) is 12.8 Å². The summed E-state index contributed by atoms with van der Waals surface area (Å²) in [5.74, 6) is 0.104. The van der Waals surface area contributed by atoms with Gasteiger partial charge >= 0.3 is 11.9 Å². The minimum atomic E-state index is -0.677. The van der Waals surface area contributed by atoms with E-state index < -0.39 is 11.9 Å². The normalized spacial score (nSPS) is 10.4. The van der Waals surface area contributed by atoms with Gasteiger partial charge in [0.2, 0.25) is 0 Å². The number of hydrogen-bond acceptors (Lipinski definition) is 2. The highest BCUT2D eigenvalue weighted by atomic mass is 16.4. The van der Waals surface area contributed by atoms with Crippen LogP contribution in [0.2, 0.25) is 0 Å². The van der Waals surface area contributed by atoms with Crippen molar-refractivity contribution in [3.8, 4) is 0 Å². The summed E-state index contributed by atoms with van der Waals surface area (Å²) < 4.78 is 0. The first-order chi connectivity index (χ1) is 9.75. The SMILES string of the molecule is CC(C)CCCCC(=O)O.CC(C)CCCCCC(=O)O. The Morgan fingerprint density at radius 1 is 0.667 bits per heavy atom. The molecule has 0 aromatic carbocycles. The highest BCUT2D eigenvalue weighted by molar-refractivity contribution is 5.66. The fraction of sp³-hybridized carbons (Fsp3) is 0.882. The molecule has 0 unspecified atom stereocenters. The predicted molar refractivity (Wildman–Crippen MR) is 86.5 cm³/mol. The molecule has 0 aliphatic heterocycles. The number of hydrogen-bond donors (Lipinski definition) is 2. The van der Waals surface area contributed by atoms with Gasteiger partial charge in [-0.1, -0.05) is 59.8 Å². The van der Waals surface area contributed by atoms with Crippen LogP contribution < -0.4 is 0 Å². The number of carboxylic acids is 2. The van der Waals surface area contributed by atoms with Crippen molar-refractivity contribution in [1.82, 2.24) is 0 Å². The molecule has 0 atom stereocenters. The Kier molecular flexibility index (Phi) is 16.2. The second-order valence-electron chi connectivity index (χ2n) is 6.42. The third-order valence-electron chi connectivity index (χ3n) is 3.09. The average Bonchev–Trinajstić information content (AvgIpc) is 2.34.